The van der Waals surface area contributed by atoms with E-state index in [1.54, 1.807) is 7.05 Å². The van der Waals surface area contributed by atoms with E-state index in [1.165, 1.54) is 29.3 Å². The van der Waals surface area contributed by atoms with Gasteiger partial charge >= 0.3 is 0 Å². The maximum Gasteiger partial charge on any atom is 0.191 e. The van der Waals surface area contributed by atoms with Crippen LogP contribution >= 0.6 is 0 Å². The number of likely N-dealkylation sites (tertiary alicyclic amines) is 1. The molecule has 30 heavy (non-hydrogen) atoms. The summed E-state index contributed by atoms with van der Waals surface area (Å²) in [5.74, 6) is -0.348. The van der Waals surface area contributed by atoms with Gasteiger partial charge in [-0.25, -0.2) is 8.78 Å². The molecule has 0 aromatic heterocycles. The van der Waals surface area contributed by atoms with Crippen LogP contribution in [0, 0.1) is 18.6 Å². The van der Waals surface area contributed by atoms with Crippen LogP contribution in [0.3, 0.4) is 0 Å². The average Bonchev–Trinajstić information content (AvgIpc) is 3.49. The molecule has 160 valence electrons. The number of guanidine groups is 1. The number of aliphatic imine (C=N–C) groups is 1. The first-order valence-corrected chi connectivity index (χ1v) is 10.8. The van der Waals surface area contributed by atoms with E-state index in [4.69, 9.17) is 0 Å². The molecule has 1 saturated heterocycles. The minimum absolute atomic E-state index is 0.0174. The first kappa shape index (κ1) is 20.8. The van der Waals surface area contributed by atoms with E-state index in [9.17, 15) is 8.78 Å². The van der Waals surface area contributed by atoms with Crippen molar-refractivity contribution in [2.75, 3.05) is 20.1 Å². The Morgan fingerprint density at radius 3 is 2.40 bits per heavy atom. The SMILES string of the molecule is CN=C(NC1CCN(Cc2ccccc2C)CC1)NC1CC1c1c(F)cccc1F. The van der Waals surface area contributed by atoms with Crippen LogP contribution < -0.4 is 10.6 Å². The Balaban J connectivity index is 1.25. The summed E-state index contributed by atoms with van der Waals surface area (Å²) < 4.78 is 28.0. The fourth-order valence-electron chi connectivity index (χ4n) is 4.34. The highest BCUT2D eigenvalue weighted by molar-refractivity contribution is 5.80. The second kappa shape index (κ2) is 9.13. The van der Waals surface area contributed by atoms with Gasteiger partial charge in [0.1, 0.15) is 11.6 Å². The lowest BCUT2D eigenvalue weighted by Crippen LogP contribution is -2.49. The Morgan fingerprint density at radius 1 is 1.03 bits per heavy atom. The summed E-state index contributed by atoms with van der Waals surface area (Å²) in [7, 11) is 1.74. The normalized spacial score (nSPS) is 22.7. The van der Waals surface area contributed by atoms with E-state index >= 15 is 0 Å². The van der Waals surface area contributed by atoms with E-state index in [1.807, 2.05) is 0 Å². The molecule has 0 bridgehead atoms. The number of nitrogens with zero attached hydrogens (tertiary/aromatic N) is 2. The van der Waals surface area contributed by atoms with E-state index in [2.05, 4.69) is 51.7 Å². The van der Waals surface area contributed by atoms with Gasteiger partial charge in [0.25, 0.3) is 0 Å². The fraction of sp³-hybridized carbons (Fsp3) is 0.458. The van der Waals surface area contributed by atoms with Gasteiger partial charge in [0, 0.05) is 50.2 Å². The van der Waals surface area contributed by atoms with Crippen LogP contribution in [0.4, 0.5) is 8.78 Å². The second-order valence-electron chi connectivity index (χ2n) is 8.42. The van der Waals surface area contributed by atoms with E-state index < -0.39 is 11.6 Å². The first-order chi connectivity index (χ1) is 14.5. The summed E-state index contributed by atoms with van der Waals surface area (Å²) in [5.41, 5.74) is 2.92. The third kappa shape index (κ3) is 4.81. The highest BCUT2D eigenvalue weighted by Crippen LogP contribution is 2.43. The van der Waals surface area contributed by atoms with Crippen LogP contribution in [-0.2, 0) is 6.54 Å². The summed E-state index contributed by atoms with van der Waals surface area (Å²) >= 11 is 0. The number of piperidine rings is 1. The number of aryl methyl sites for hydroxylation is 1. The topological polar surface area (TPSA) is 39.7 Å². The summed E-state index contributed by atoms with van der Waals surface area (Å²) in [6.45, 7) is 5.23. The number of nitrogens with one attached hydrogen (secondary N) is 2. The Morgan fingerprint density at radius 2 is 1.73 bits per heavy atom. The average molecular weight is 413 g/mol. The van der Waals surface area contributed by atoms with E-state index in [0.717, 1.165) is 38.4 Å². The van der Waals surface area contributed by atoms with Crippen molar-refractivity contribution in [1.29, 1.82) is 0 Å². The zero-order chi connectivity index (χ0) is 21.1. The number of hydrogen-bond acceptors (Lipinski definition) is 2. The minimum atomic E-state index is -0.465. The van der Waals surface area contributed by atoms with Gasteiger partial charge < -0.3 is 10.6 Å². The Kier molecular flexibility index (Phi) is 6.32. The molecule has 2 fully saturated rings. The molecule has 2 aromatic rings. The molecule has 6 heteroatoms. The first-order valence-electron chi connectivity index (χ1n) is 10.8. The smallest absolute Gasteiger partial charge is 0.191 e. The predicted molar refractivity (Wildman–Crippen MR) is 117 cm³/mol. The zero-order valence-corrected chi connectivity index (χ0v) is 17.7. The van der Waals surface area contributed by atoms with Crippen LogP contribution in [0.25, 0.3) is 0 Å². The van der Waals surface area contributed by atoms with E-state index in [-0.39, 0.29) is 17.5 Å². The lowest BCUT2D eigenvalue weighted by atomic mass is 10.0. The molecule has 0 radical (unpaired) electrons. The van der Waals surface area contributed by atoms with Crippen molar-refractivity contribution in [3.05, 3.63) is 70.8 Å². The van der Waals surface area contributed by atoms with Crippen molar-refractivity contribution in [3.8, 4) is 0 Å². The van der Waals surface area contributed by atoms with Gasteiger partial charge in [0.15, 0.2) is 5.96 Å². The van der Waals surface area contributed by atoms with Gasteiger partial charge in [0.2, 0.25) is 0 Å². The molecule has 1 heterocycles. The van der Waals surface area contributed by atoms with Gasteiger partial charge in [-0.2, -0.15) is 0 Å². The van der Waals surface area contributed by atoms with Crippen molar-refractivity contribution in [1.82, 2.24) is 15.5 Å². The standard InChI is InChI=1S/C24H30F2N4/c1-16-6-3-4-7-17(16)15-30-12-10-18(11-13-30)28-24(27-2)29-22-14-19(22)23-20(25)8-5-9-21(23)26/h3-9,18-19,22H,10-15H2,1-2H3,(H2,27,28,29). The molecule has 2 N–H and O–H groups in total. The molecule has 0 amide bonds. The molecule has 4 nitrogen and oxygen atoms in total. The number of hydrogen-bond donors (Lipinski definition) is 2. The third-order valence-electron chi connectivity index (χ3n) is 6.29. The van der Waals surface area contributed by atoms with Crippen LogP contribution in [0.15, 0.2) is 47.5 Å². The van der Waals surface area contributed by atoms with Crippen LogP contribution in [0.1, 0.15) is 41.9 Å². The monoisotopic (exact) mass is 412 g/mol. The largest absolute Gasteiger partial charge is 0.354 e. The summed E-state index contributed by atoms with van der Waals surface area (Å²) in [6.07, 6.45) is 2.80. The number of rotatable bonds is 5. The Hall–Kier alpha value is -2.47. The lowest BCUT2D eigenvalue weighted by molar-refractivity contribution is 0.198. The van der Waals surface area contributed by atoms with Gasteiger partial charge in [0.05, 0.1) is 0 Å². The predicted octanol–water partition coefficient (Wildman–Crippen LogP) is 3.96. The quantitative estimate of drug-likeness (QED) is 0.577. The lowest BCUT2D eigenvalue weighted by Gasteiger charge is -2.33. The molecule has 4 rings (SSSR count). The maximum absolute atomic E-state index is 14.0. The molecular formula is C24H30F2N4. The molecule has 2 unspecified atom stereocenters. The van der Waals surface area contributed by atoms with Crippen LogP contribution in [0.5, 0.6) is 0 Å². The number of benzene rings is 2. The minimum Gasteiger partial charge on any atom is -0.354 e. The Labute approximate surface area is 177 Å². The Bertz CT molecular complexity index is 886. The molecule has 2 aromatic carbocycles. The van der Waals surface area contributed by atoms with Crippen LogP contribution in [-0.4, -0.2) is 43.1 Å². The number of halogens is 2. The summed E-state index contributed by atoms with van der Waals surface area (Å²) in [4.78, 5) is 6.82. The van der Waals surface area contributed by atoms with Crippen molar-refractivity contribution in [2.24, 2.45) is 4.99 Å². The molecule has 1 aliphatic heterocycles. The van der Waals surface area contributed by atoms with Crippen molar-refractivity contribution < 1.29 is 8.78 Å². The van der Waals surface area contributed by atoms with Gasteiger partial charge in [-0.1, -0.05) is 30.3 Å². The molecule has 2 atom stereocenters. The van der Waals surface area contributed by atoms with Gasteiger partial charge in [-0.3, -0.25) is 9.89 Å². The van der Waals surface area contributed by atoms with Gasteiger partial charge in [-0.05, 0) is 49.4 Å². The highest BCUT2D eigenvalue weighted by Gasteiger charge is 2.42. The second-order valence-corrected chi connectivity index (χ2v) is 8.42. The maximum atomic E-state index is 14.0. The van der Waals surface area contributed by atoms with Gasteiger partial charge in [-0.15, -0.1) is 0 Å². The molecule has 2 aliphatic rings. The van der Waals surface area contributed by atoms with Crippen molar-refractivity contribution in [2.45, 2.75) is 50.7 Å². The molecule has 1 aliphatic carbocycles. The van der Waals surface area contributed by atoms with Crippen molar-refractivity contribution in [3.63, 3.8) is 0 Å². The van der Waals surface area contributed by atoms with E-state index in [0.29, 0.717) is 12.5 Å². The fourth-order valence-corrected chi connectivity index (χ4v) is 4.34. The molecule has 1 saturated carbocycles. The molecular weight excluding hydrogens is 382 g/mol. The highest BCUT2D eigenvalue weighted by atomic mass is 19.1. The van der Waals surface area contributed by atoms with Crippen molar-refractivity contribution >= 4 is 5.96 Å². The zero-order valence-electron chi connectivity index (χ0n) is 17.7. The molecule has 0 spiro atoms. The van der Waals surface area contributed by atoms with Crippen LogP contribution in [0.2, 0.25) is 0 Å². The summed E-state index contributed by atoms with van der Waals surface area (Å²) in [5, 5.41) is 6.84. The third-order valence-corrected chi connectivity index (χ3v) is 6.29. The summed E-state index contributed by atoms with van der Waals surface area (Å²) in [6, 6.07) is 13.0.